The first-order chi connectivity index (χ1) is 11.8. The van der Waals surface area contributed by atoms with Gasteiger partial charge < -0.3 is 28.8 Å². The Morgan fingerprint density at radius 2 is 1.38 bits per heavy atom. The van der Waals surface area contributed by atoms with Crippen LogP contribution in [0.2, 0.25) is 0 Å². The molecule has 0 unspecified atom stereocenters. The summed E-state index contributed by atoms with van der Waals surface area (Å²) in [6.45, 7) is 3.76. The van der Waals surface area contributed by atoms with Crippen LogP contribution in [0.15, 0.2) is 18.2 Å². The molecule has 7 heteroatoms. The predicted octanol–water partition coefficient (Wildman–Crippen LogP) is 1.52. The van der Waals surface area contributed by atoms with Gasteiger partial charge in [-0.05, 0) is 24.1 Å². The lowest BCUT2D eigenvalue weighted by atomic mass is 10.1. The van der Waals surface area contributed by atoms with Gasteiger partial charge in [0.15, 0.2) is 11.5 Å². The lowest BCUT2D eigenvalue weighted by Gasteiger charge is -2.14. The monoisotopic (exact) mass is 340 g/mol. The first kappa shape index (κ1) is 18.5. The maximum absolute atomic E-state index is 10.7. The quantitative estimate of drug-likeness (QED) is 0.893. The number of carboxylic acid groups (broad SMARTS) is 1. The van der Waals surface area contributed by atoms with E-state index < -0.39 is 5.97 Å². The first-order valence-electron chi connectivity index (χ1n) is 8.09. The zero-order chi connectivity index (χ0) is 17.0. The topological polar surface area (TPSA) is 83.5 Å². The fraction of sp³-hybridized carbons (Fsp3) is 0.588. The highest BCUT2D eigenvalue weighted by atomic mass is 16.6. The third-order valence-electron chi connectivity index (χ3n) is 3.35. The molecule has 0 aliphatic carbocycles. The van der Waals surface area contributed by atoms with Crippen molar-refractivity contribution in [1.82, 2.24) is 0 Å². The van der Waals surface area contributed by atoms with Crippen molar-refractivity contribution in [2.45, 2.75) is 12.8 Å². The number of rotatable bonds is 3. The van der Waals surface area contributed by atoms with Crippen molar-refractivity contribution < 1.29 is 33.6 Å². The van der Waals surface area contributed by atoms with E-state index in [0.717, 1.165) is 5.56 Å². The van der Waals surface area contributed by atoms with E-state index in [9.17, 15) is 4.79 Å². The fourth-order valence-electron chi connectivity index (χ4n) is 2.15. The fourth-order valence-corrected chi connectivity index (χ4v) is 2.15. The summed E-state index contributed by atoms with van der Waals surface area (Å²) >= 11 is 0. The maximum atomic E-state index is 10.7. The van der Waals surface area contributed by atoms with Crippen LogP contribution in [-0.4, -0.2) is 63.9 Å². The summed E-state index contributed by atoms with van der Waals surface area (Å²) in [6, 6.07) is 5.47. The van der Waals surface area contributed by atoms with Gasteiger partial charge >= 0.3 is 5.97 Å². The largest absolute Gasteiger partial charge is 0.487 e. The zero-order valence-electron chi connectivity index (χ0n) is 13.7. The molecule has 0 saturated carbocycles. The van der Waals surface area contributed by atoms with Crippen molar-refractivity contribution in [3.05, 3.63) is 23.8 Å². The Balaban J connectivity index is 1.98. The van der Waals surface area contributed by atoms with Crippen LogP contribution >= 0.6 is 0 Å². The van der Waals surface area contributed by atoms with Crippen LogP contribution in [0.1, 0.15) is 12.0 Å². The minimum absolute atomic E-state index is 0.0800. The number of hydrogen-bond acceptors (Lipinski definition) is 6. The molecule has 0 radical (unpaired) electrons. The molecule has 0 fully saturated rings. The summed E-state index contributed by atoms with van der Waals surface area (Å²) in [7, 11) is 0. The van der Waals surface area contributed by atoms with Gasteiger partial charge in [-0.1, -0.05) is 6.07 Å². The van der Waals surface area contributed by atoms with Crippen LogP contribution in [0, 0.1) is 0 Å². The van der Waals surface area contributed by atoms with E-state index in [0.29, 0.717) is 70.8 Å². The Morgan fingerprint density at radius 3 is 1.96 bits per heavy atom. The SMILES string of the molecule is O=C(O)CCc1ccc2c(c1)OCCOCCOCCOCCO2. The number of benzene rings is 1. The average molecular weight is 340 g/mol. The summed E-state index contributed by atoms with van der Waals surface area (Å²) in [6.07, 6.45) is 0.527. The van der Waals surface area contributed by atoms with Crippen molar-refractivity contribution in [2.24, 2.45) is 0 Å². The highest BCUT2D eigenvalue weighted by Crippen LogP contribution is 2.29. The van der Waals surface area contributed by atoms with Gasteiger partial charge in [-0.2, -0.15) is 0 Å². The smallest absolute Gasteiger partial charge is 0.303 e. The van der Waals surface area contributed by atoms with Gasteiger partial charge in [0, 0.05) is 6.42 Å². The predicted molar refractivity (Wildman–Crippen MR) is 85.8 cm³/mol. The summed E-state index contributed by atoms with van der Waals surface area (Å²) in [5.74, 6) is 0.382. The second kappa shape index (κ2) is 10.9. The van der Waals surface area contributed by atoms with Gasteiger partial charge in [0.05, 0.1) is 39.6 Å². The number of aliphatic carboxylic acids is 1. The van der Waals surface area contributed by atoms with E-state index in [-0.39, 0.29) is 6.42 Å². The minimum Gasteiger partial charge on any atom is -0.487 e. The van der Waals surface area contributed by atoms with E-state index in [1.54, 1.807) is 6.07 Å². The van der Waals surface area contributed by atoms with Gasteiger partial charge in [0.25, 0.3) is 0 Å². The Labute approximate surface area is 141 Å². The van der Waals surface area contributed by atoms with Gasteiger partial charge in [0.2, 0.25) is 0 Å². The molecular formula is C17H24O7. The minimum atomic E-state index is -0.823. The number of ether oxygens (including phenoxy) is 5. The van der Waals surface area contributed by atoms with Gasteiger partial charge in [-0.15, -0.1) is 0 Å². The molecule has 0 atom stereocenters. The summed E-state index contributed by atoms with van der Waals surface area (Å²) < 4.78 is 27.6. The Morgan fingerprint density at radius 1 is 0.833 bits per heavy atom. The lowest BCUT2D eigenvalue weighted by Crippen LogP contribution is -2.13. The van der Waals surface area contributed by atoms with E-state index in [4.69, 9.17) is 28.8 Å². The van der Waals surface area contributed by atoms with Crippen LogP contribution in [0.25, 0.3) is 0 Å². The van der Waals surface area contributed by atoms with Crippen molar-refractivity contribution in [2.75, 3.05) is 52.9 Å². The molecule has 1 aromatic carbocycles. The molecule has 1 aliphatic rings. The average Bonchev–Trinajstić information content (AvgIpc) is 2.58. The second-order valence-corrected chi connectivity index (χ2v) is 5.21. The molecule has 1 aliphatic heterocycles. The highest BCUT2D eigenvalue weighted by Gasteiger charge is 2.09. The van der Waals surface area contributed by atoms with E-state index in [2.05, 4.69) is 0 Å². The molecule has 1 aromatic rings. The van der Waals surface area contributed by atoms with Crippen molar-refractivity contribution in [1.29, 1.82) is 0 Å². The lowest BCUT2D eigenvalue weighted by molar-refractivity contribution is -0.136. The normalized spacial score (nSPS) is 17.5. The van der Waals surface area contributed by atoms with E-state index in [1.807, 2.05) is 12.1 Å². The standard InChI is InChI=1S/C17H24O7/c18-17(19)4-2-14-1-3-15-16(13-14)24-12-10-22-8-6-20-5-7-21-9-11-23-15/h1,3,13H,2,4-12H2,(H,18,19). The van der Waals surface area contributed by atoms with Crippen LogP contribution < -0.4 is 9.47 Å². The van der Waals surface area contributed by atoms with Crippen LogP contribution in [-0.2, 0) is 25.4 Å². The zero-order valence-corrected chi connectivity index (χ0v) is 13.7. The summed E-state index contributed by atoms with van der Waals surface area (Å²) in [4.78, 5) is 10.7. The maximum Gasteiger partial charge on any atom is 0.303 e. The molecule has 0 bridgehead atoms. The van der Waals surface area contributed by atoms with E-state index in [1.165, 1.54) is 0 Å². The molecule has 0 spiro atoms. The highest BCUT2D eigenvalue weighted by molar-refractivity contribution is 5.67. The third kappa shape index (κ3) is 7.16. The number of aryl methyl sites for hydroxylation is 1. The molecule has 0 amide bonds. The molecule has 7 nitrogen and oxygen atoms in total. The first-order valence-corrected chi connectivity index (χ1v) is 8.09. The Bertz CT molecular complexity index is 504. The molecule has 1 N–H and O–H groups in total. The number of carboxylic acids is 1. The van der Waals surface area contributed by atoms with Crippen LogP contribution in [0.4, 0.5) is 0 Å². The number of carbonyl (C=O) groups is 1. The van der Waals surface area contributed by atoms with E-state index >= 15 is 0 Å². The number of hydrogen-bond donors (Lipinski definition) is 1. The third-order valence-corrected chi connectivity index (χ3v) is 3.35. The van der Waals surface area contributed by atoms with Gasteiger partial charge in [-0.3, -0.25) is 4.79 Å². The molecule has 134 valence electrons. The molecule has 1 heterocycles. The van der Waals surface area contributed by atoms with Gasteiger partial charge in [0.1, 0.15) is 13.2 Å². The molecule has 0 aromatic heterocycles. The summed E-state index contributed by atoms with van der Waals surface area (Å²) in [5.41, 5.74) is 0.892. The van der Waals surface area contributed by atoms with Crippen LogP contribution in [0.5, 0.6) is 11.5 Å². The van der Waals surface area contributed by atoms with Crippen molar-refractivity contribution in [3.8, 4) is 11.5 Å². The second-order valence-electron chi connectivity index (χ2n) is 5.21. The summed E-state index contributed by atoms with van der Waals surface area (Å²) in [5, 5.41) is 8.80. The molecular weight excluding hydrogens is 316 g/mol. The molecule has 24 heavy (non-hydrogen) atoms. The molecule has 0 saturated heterocycles. The molecule has 2 rings (SSSR count). The van der Waals surface area contributed by atoms with Gasteiger partial charge in [-0.25, -0.2) is 0 Å². The van der Waals surface area contributed by atoms with Crippen molar-refractivity contribution in [3.63, 3.8) is 0 Å². The van der Waals surface area contributed by atoms with Crippen molar-refractivity contribution >= 4 is 5.97 Å². The number of fused-ring (bicyclic) bond motifs is 1. The Kier molecular flexibility index (Phi) is 8.37. The Hall–Kier alpha value is -1.83. The van der Waals surface area contributed by atoms with Crippen LogP contribution in [0.3, 0.4) is 0 Å².